The molecule has 0 aromatic carbocycles. The highest BCUT2D eigenvalue weighted by atomic mass is 35.5. The Hall–Kier alpha value is -1.42. The lowest BCUT2D eigenvalue weighted by atomic mass is 10.3. The molecule has 3 aromatic heterocycles. The van der Waals surface area contributed by atoms with Gasteiger partial charge in [-0.1, -0.05) is 69.6 Å². The molecule has 3 heterocycles. The van der Waals surface area contributed by atoms with Gasteiger partial charge in [0.1, 0.15) is 10.0 Å². The normalized spacial score (nSPS) is 10.4. The van der Waals surface area contributed by atoms with Crippen LogP contribution in [0.2, 0.25) is 30.1 Å². The number of H-pyrrole nitrogens is 1. The minimum Gasteiger partial charge on any atom is -0.266 e. The summed E-state index contributed by atoms with van der Waals surface area (Å²) in [5.41, 5.74) is -0.460. The molecule has 0 aliphatic carbocycles. The summed E-state index contributed by atoms with van der Waals surface area (Å²) in [4.78, 5) is 22.3. The largest absolute Gasteiger partial charge is 0.287 e. The quantitative estimate of drug-likeness (QED) is 0.578. The number of hydrogen-bond donors (Lipinski definition) is 1. The molecular weight excluding hydrogens is 497 g/mol. The first-order valence-electron chi connectivity index (χ1n) is 7.17. The first-order valence-corrected chi connectivity index (χ1v) is 9.44. The Morgan fingerprint density at radius 1 is 0.857 bits per heavy atom. The van der Waals surface area contributed by atoms with Gasteiger partial charge in [-0.15, -0.1) is 0 Å². The number of aromatic nitrogens is 6. The topological polar surface area (TPSA) is 106 Å². The second-order valence-electron chi connectivity index (χ2n) is 4.90. The van der Waals surface area contributed by atoms with Gasteiger partial charge in [0.2, 0.25) is 0 Å². The maximum Gasteiger partial charge on any atom is 0.287 e. The maximum absolute atomic E-state index is 11.8. The zero-order valence-corrected chi connectivity index (χ0v) is 18.0. The molecule has 14 heteroatoms. The Bertz CT molecular complexity index is 1100. The van der Waals surface area contributed by atoms with Gasteiger partial charge in [-0.2, -0.15) is 20.4 Å². The Morgan fingerprint density at radius 2 is 1.50 bits per heavy atom. The molecule has 3 rings (SSSR count). The number of nitrogens with one attached hydrogen (secondary N) is 1. The molecule has 28 heavy (non-hydrogen) atoms. The number of hydrogen-bond acceptors (Lipinski definition) is 6. The molecule has 0 bridgehead atoms. The molecule has 0 unspecified atom stereocenters. The first-order chi connectivity index (χ1) is 13.2. The predicted molar refractivity (Wildman–Crippen MR) is 109 cm³/mol. The monoisotopic (exact) mass is 502 g/mol. The second-order valence-corrected chi connectivity index (χ2v) is 7.25. The van der Waals surface area contributed by atoms with E-state index in [1.807, 2.05) is 0 Å². The van der Waals surface area contributed by atoms with Crippen molar-refractivity contribution >= 4 is 69.6 Å². The van der Waals surface area contributed by atoms with E-state index in [1.54, 1.807) is 0 Å². The third kappa shape index (κ3) is 5.79. The summed E-state index contributed by atoms with van der Waals surface area (Å²) in [6, 6.07) is 0. The van der Waals surface area contributed by atoms with Crippen molar-refractivity contribution in [1.29, 1.82) is 0 Å². The van der Waals surface area contributed by atoms with Crippen molar-refractivity contribution in [3.8, 4) is 0 Å². The van der Waals surface area contributed by atoms with E-state index in [4.69, 9.17) is 69.6 Å². The summed E-state index contributed by atoms with van der Waals surface area (Å²) in [5, 5.41) is 17.7. The fourth-order valence-corrected chi connectivity index (χ4v) is 2.56. The smallest absolute Gasteiger partial charge is 0.266 e. The summed E-state index contributed by atoms with van der Waals surface area (Å²) in [6.45, 7) is 0.241. The molecule has 0 aliphatic heterocycles. The van der Waals surface area contributed by atoms with Gasteiger partial charge in [-0.3, -0.25) is 9.59 Å². The summed E-state index contributed by atoms with van der Waals surface area (Å²) in [6.07, 6.45) is 4.26. The molecule has 148 valence electrons. The van der Waals surface area contributed by atoms with E-state index in [9.17, 15) is 9.59 Å². The Kier molecular flexibility index (Phi) is 8.48. The maximum atomic E-state index is 11.8. The van der Waals surface area contributed by atoms with Gasteiger partial charge in [0.05, 0.1) is 50.9 Å². The van der Waals surface area contributed by atoms with E-state index < -0.39 is 11.1 Å². The molecule has 0 saturated carbocycles. The fraction of sp³-hybridized carbons (Fsp3) is 0.143. The van der Waals surface area contributed by atoms with Crippen LogP contribution in [0.5, 0.6) is 0 Å². The van der Waals surface area contributed by atoms with Gasteiger partial charge in [0, 0.05) is 6.42 Å². The lowest BCUT2D eigenvalue weighted by molar-refractivity contribution is 0.570. The van der Waals surface area contributed by atoms with E-state index >= 15 is 0 Å². The molecule has 3 aromatic rings. The number of aromatic amines is 1. The molecule has 0 saturated heterocycles. The number of rotatable bonds is 3. The van der Waals surface area contributed by atoms with Crippen LogP contribution >= 0.6 is 69.6 Å². The van der Waals surface area contributed by atoms with Crippen LogP contribution in [-0.2, 0) is 13.0 Å². The summed E-state index contributed by atoms with van der Waals surface area (Å²) in [7, 11) is 0. The van der Waals surface area contributed by atoms with Gasteiger partial charge in [0.15, 0.2) is 0 Å². The van der Waals surface area contributed by atoms with Gasteiger partial charge in [0.25, 0.3) is 11.1 Å². The zero-order chi connectivity index (χ0) is 20.8. The number of nitrogens with zero attached hydrogens (tertiary/aromatic N) is 5. The molecule has 0 atom stereocenters. The van der Waals surface area contributed by atoms with Gasteiger partial charge in [-0.05, 0) is 0 Å². The van der Waals surface area contributed by atoms with Crippen LogP contribution in [0, 0.1) is 0 Å². The minimum absolute atomic E-state index is 0.0216. The lowest BCUT2D eigenvalue weighted by Gasteiger charge is -2.06. The van der Waals surface area contributed by atoms with Crippen LogP contribution in [-0.4, -0.2) is 30.2 Å². The van der Waals surface area contributed by atoms with E-state index in [1.165, 1.54) is 23.3 Å². The van der Waals surface area contributed by atoms with Crippen molar-refractivity contribution < 1.29 is 0 Å². The van der Waals surface area contributed by atoms with E-state index in [0.717, 1.165) is 0 Å². The Balaban J connectivity index is 0.000000261. The highest BCUT2D eigenvalue weighted by molar-refractivity contribution is 6.42. The van der Waals surface area contributed by atoms with Crippen molar-refractivity contribution in [2.45, 2.75) is 13.0 Å². The first kappa shape index (κ1) is 22.9. The molecule has 0 aliphatic rings. The Morgan fingerprint density at radius 3 is 2.14 bits per heavy atom. The zero-order valence-electron chi connectivity index (χ0n) is 13.5. The van der Waals surface area contributed by atoms with Crippen LogP contribution in [0.25, 0.3) is 0 Å². The summed E-state index contributed by atoms with van der Waals surface area (Å²) < 4.78 is 1.17. The third-order valence-electron chi connectivity index (χ3n) is 3.07. The molecular formula is C14H8Cl6N6O2. The molecule has 0 spiro atoms. The lowest BCUT2D eigenvalue weighted by Crippen LogP contribution is -2.24. The number of aryl methyl sites for hydroxylation is 2. The van der Waals surface area contributed by atoms with Gasteiger partial charge < -0.3 is 0 Å². The molecule has 0 amide bonds. The standard InChI is InChI=1S/C10H6Cl4N4O.C4H2Cl2N2O/c11-5-3-15-17-7(8(5)13)1-2-18-10(19)9(14)6(12)4-16-18;5-2-1-7-8-4(9)3(2)6/h3-4H,1-2H2;1H,(H,8,9). The van der Waals surface area contributed by atoms with Crippen LogP contribution in [0.15, 0.2) is 28.2 Å². The SMILES string of the molecule is O=c1[nH]ncc(Cl)c1Cl.O=c1c(Cl)c(Cl)cnn1CCc1nncc(Cl)c1Cl. The van der Waals surface area contributed by atoms with Gasteiger partial charge >= 0.3 is 0 Å². The Labute approximate surface area is 187 Å². The van der Waals surface area contributed by atoms with Crippen LogP contribution < -0.4 is 11.1 Å². The van der Waals surface area contributed by atoms with Gasteiger partial charge in [-0.25, -0.2) is 9.78 Å². The summed E-state index contributed by atoms with van der Waals surface area (Å²) in [5.74, 6) is 0. The van der Waals surface area contributed by atoms with Crippen LogP contribution in [0.3, 0.4) is 0 Å². The van der Waals surface area contributed by atoms with Crippen molar-refractivity contribution in [2.24, 2.45) is 0 Å². The van der Waals surface area contributed by atoms with E-state index in [-0.39, 0.29) is 26.6 Å². The molecule has 1 N–H and O–H groups in total. The fourth-order valence-electron chi connectivity index (χ4n) is 1.73. The van der Waals surface area contributed by atoms with Crippen molar-refractivity contribution in [3.05, 3.63) is 75.1 Å². The van der Waals surface area contributed by atoms with Crippen molar-refractivity contribution in [2.75, 3.05) is 0 Å². The second kappa shape index (κ2) is 10.4. The highest BCUT2D eigenvalue weighted by Gasteiger charge is 2.10. The molecule has 0 radical (unpaired) electrons. The van der Waals surface area contributed by atoms with Crippen molar-refractivity contribution in [3.63, 3.8) is 0 Å². The van der Waals surface area contributed by atoms with E-state index in [0.29, 0.717) is 22.2 Å². The molecule has 0 fully saturated rings. The van der Waals surface area contributed by atoms with Crippen LogP contribution in [0.1, 0.15) is 5.69 Å². The van der Waals surface area contributed by atoms with E-state index in [2.05, 4.69) is 25.5 Å². The predicted octanol–water partition coefficient (Wildman–Crippen LogP) is 3.97. The average molecular weight is 505 g/mol. The summed E-state index contributed by atoms with van der Waals surface area (Å²) >= 11 is 34.0. The third-order valence-corrected chi connectivity index (χ3v) is 5.38. The van der Waals surface area contributed by atoms with Crippen LogP contribution in [0.4, 0.5) is 0 Å². The highest BCUT2D eigenvalue weighted by Crippen LogP contribution is 2.23. The average Bonchev–Trinajstić information content (AvgIpc) is 2.67. The number of halogens is 6. The van der Waals surface area contributed by atoms with Crippen molar-refractivity contribution in [1.82, 2.24) is 30.2 Å². The molecule has 8 nitrogen and oxygen atoms in total. The minimum atomic E-state index is -0.472.